The zero-order chi connectivity index (χ0) is 19.5. The minimum atomic E-state index is -1.02. The van der Waals surface area contributed by atoms with Crippen molar-refractivity contribution in [1.82, 2.24) is 0 Å². The van der Waals surface area contributed by atoms with E-state index >= 15 is 0 Å². The lowest BCUT2D eigenvalue weighted by atomic mass is 9.94. The van der Waals surface area contributed by atoms with Gasteiger partial charge in [0.05, 0.1) is 18.6 Å². The van der Waals surface area contributed by atoms with Gasteiger partial charge >= 0.3 is 0 Å². The molecule has 0 fully saturated rings. The molecule has 2 unspecified atom stereocenters. The lowest BCUT2D eigenvalue weighted by Crippen LogP contribution is -2.20. The monoisotopic (exact) mass is 358 g/mol. The third kappa shape index (κ3) is 6.78. The van der Waals surface area contributed by atoms with Gasteiger partial charge in [-0.2, -0.15) is 0 Å². The first-order valence-corrected chi connectivity index (χ1v) is 8.43. The SMILES string of the molecule is CC(C(=O)C=O)C(O)c1ccc(OCCO)cc1.Cc1ccccc1C. The molecular weight excluding hydrogens is 332 g/mol. The third-order valence-corrected chi connectivity index (χ3v) is 4.05. The van der Waals surface area contributed by atoms with Gasteiger partial charge in [-0.3, -0.25) is 9.59 Å². The normalized spacial score (nSPS) is 12.3. The number of carbonyl (C=O) groups excluding carboxylic acids is 2. The second-order valence-electron chi connectivity index (χ2n) is 5.98. The molecule has 0 saturated carbocycles. The Morgan fingerprint density at radius 1 is 1.08 bits per heavy atom. The number of hydrogen-bond acceptors (Lipinski definition) is 5. The van der Waals surface area contributed by atoms with E-state index in [0.29, 0.717) is 11.3 Å². The van der Waals surface area contributed by atoms with E-state index in [1.807, 2.05) is 0 Å². The average molecular weight is 358 g/mol. The van der Waals surface area contributed by atoms with Crippen LogP contribution in [0, 0.1) is 19.8 Å². The second kappa shape index (κ2) is 11.2. The number of aliphatic hydroxyl groups is 2. The fraction of sp³-hybridized carbons (Fsp3) is 0.333. The van der Waals surface area contributed by atoms with Gasteiger partial charge in [0.2, 0.25) is 5.78 Å². The Hall–Kier alpha value is -2.50. The molecule has 2 aromatic rings. The lowest BCUT2D eigenvalue weighted by Gasteiger charge is -2.16. The molecule has 26 heavy (non-hydrogen) atoms. The van der Waals surface area contributed by atoms with Gasteiger partial charge in [0.1, 0.15) is 12.4 Å². The summed E-state index contributed by atoms with van der Waals surface area (Å²) in [6.45, 7) is 5.86. The summed E-state index contributed by atoms with van der Waals surface area (Å²) in [7, 11) is 0. The smallest absolute Gasteiger partial charge is 0.200 e. The number of aldehydes is 1. The molecule has 0 amide bonds. The minimum Gasteiger partial charge on any atom is -0.491 e. The van der Waals surface area contributed by atoms with Crippen molar-refractivity contribution in [2.75, 3.05) is 13.2 Å². The quantitative estimate of drug-likeness (QED) is 0.587. The number of Topliss-reactive ketones (excluding diaryl/α,β-unsaturated/α-hetero) is 1. The Bertz CT molecular complexity index is 673. The molecule has 2 N–H and O–H groups in total. The van der Waals surface area contributed by atoms with Crippen LogP contribution in [0.4, 0.5) is 0 Å². The Morgan fingerprint density at radius 2 is 1.62 bits per heavy atom. The van der Waals surface area contributed by atoms with E-state index in [0.717, 1.165) is 0 Å². The molecule has 2 rings (SSSR count). The van der Waals surface area contributed by atoms with E-state index in [2.05, 4.69) is 38.1 Å². The van der Waals surface area contributed by atoms with Crippen molar-refractivity contribution >= 4 is 12.1 Å². The highest BCUT2D eigenvalue weighted by molar-refractivity contribution is 6.26. The van der Waals surface area contributed by atoms with Gasteiger partial charge < -0.3 is 14.9 Å². The summed E-state index contributed by atoms with van der Waals surface area (Å²) in [5.41, 5.74) is 3.27. The summed E-state index contributed by atoms with van der Waals surface area (Å²) in [5.74, 6) is -0.843. The number of ketones is 1. The number of ether oxygens (including phenoxy) is 1. The zero-order valence-corrected chi connectivity index (χ0v) is 15.4. The topological polar surface area (TPSA) is 83.8 Å². The van der Waals surface area contributed by atoms with Gasteiger partial charge in [-0.25, -0.2) is 0 Å². The first-order chi connectivity index (χ1) is 12.4. The van der Waals surface area contributed by atoms with Crippen LogP contribution < -0.4 is 4.74 Å². The highest BCUT2D eigenvalue weighted by Crippen LogP contribution is 2.24. The summed E-state index contributed by atoms with van der Waals surface area (Å²) >= 11 is 0. The number of rotatable bonds is 7. The molecule has 0 heterocycles. The summed E-state index contributed by atoms with van der Waals surface area (Å²) in [6, 6.07) is 14.9. The summed E-state index contributed by atoms with van der Waals surface area (Å²) in [5, 5.41) is 18.5. The van der Waals surface area contributed by atoms with Gasteiger partial charge in [0.15, 0.2) is 6.29 Å². The third-order valence-electron chi connectivity index (χ3n) is 4.05. The van der Waals surface area contributed by atoms with Crippen LogP contribution in [0.3, 0.4) is 0 Å². The molecule has 140 valence electrons. The van der Waals surface area contributed by atoms with Crippen LogP contribution in [-0.2, 0) is 9.59 Å². The molecule has 5 heteroatoms. The molecule has 2 aromatic carbocycles. The van der Waals surface area contributed by atoms with Gasteiger partial charge in [-0.05, 0) is 42.7 Å². The molecule has 0 saturated heterocycles. The molecular formula is C21H26O5. The Balaban J connectivity index is 0.000000350. The highest BCUT2D eigenvalue weighted by atomic mass is 16.5. The van der Waals surface area contributed by atoms with Crippen molar-refractivity contribution in [3.8, 4) is 5.75 Å². The van der Waals surface area contributed by atoms with Crippen molar-refractivity contribution in [2.45, 2.75) is 26.9 Å². The van der Waals surface area contributed by atoms with E-state index in [1.165, 1.54) is 18.1 Å². The average Bonchev–Trinajstić information content (AvgIpc) is 2.67. The van der Waals surface area contributed by atoms with Crippen LogP contribution in [0.15, 0.2) is 48.5 Å². The van der Waals surface area contributed by atoms with E-state index in [1.54, 1.807) is 24.3 Å². The maximum atomic E-state index is 11.2. The van der Waals surface area contributed by atoms with Crippen LogP contribution in [0.2, 0.25) is 0 Å². The summed E-state index contributed by atoms with van der Waals surface area (Å²) in [6.07, 6.45) is -0.804. The number of benzene rings is 2. The van der Waals surface area contributed by atoms with Crippen LogP contribution in [-0.4, -0.2) is 35.5 Å². The van der Waals surface area contributed by atoms with E-state index in [9.17, 15) is 14.7 Å². The van der Waals surface area contributed by atoms with Gasteiger partial charge in [-0.15, -0.1) is 0 Å². The maximum Gasteiger partial charge on any atom is 0.200 e. The number of aryl methyl sites for hydroxylation is 2. The van der Waals surface area contributed by atoms with Gasteiger partial charge in [0.25, 0.3) is 0 Å². The van der Waals surface area contributed by atoms with Crippen LogP contribution in [0.25, 0.3) is 0 Å². The van der Waals surface area contributed by atoms with Crippen LogP contribution in [0.1, 0.15) is 29.7 Å². The van der Waals surface area contributed by atoms with Crippen molar-refractivity contribution in [3.63, 3.8) is 0 Å². The fourth-order valence-corrected chi connectivity index (χ4v) is 2.14. The minimum absolute atomic E-state index is 0.0742. The summed E-state index contributed by atoms with van der Waals surface area (Å²) < 4.78 is 5.16. The van der Waals surface area contributed by atoms with Crippen molar-refractivity contribution in [3.05, 3.63) is 65.2 Å². The molecule has 0 aliphatic heterocycles. The van der Waals surface area contributed by atoms with E-state index in [4.69, 9.17) is 9.84 Å². The predicted molar refractivity (Wildman–Crippen MR) is 100 cm³/mol. The van der Waals surface area contributed by atoms with Gasteiger partial charge in [0, 0.05) is 0 Å². The highest BCUT2D eigenvalue weighted by Gasteiger charge is 2.22. The summed E-state index contributed by atoms with van der Waals surface area (Å²) in [4.78, 5) is 21.5. The lowest BCUT2D eigenvalue weighted by molar-refractivity contribution is -0.134. The first-order valence-electron chi connectivity index (χ1n) is 8.43. The molecule has 0 aromatic heterocycles. The molecule has 0 radical (unpaired) electrons. The Morgan fingerprint density at radius 3 is 2.04 bits per heavy atom. The zero-order valence-electron chi connectivity index (χ0n) is 15.4. The molecule has 2 atom stereocenters. The Labute approximate surface area is 154 Å². The molecule has 0 bridgehead atoms. The maximum absolute atomic E-state index is 11.2. The number of hydrogen-bond donors (Lipinski definition) is 2. The molecule has 5 nitrogen and oxygen atoms in total. The Kier molecular flexibility index (Phi) is 9.26. The first kappa shape index (κ1) is 21.5. The largest absolute Gasteiger partial charge is 0.491 e. The fourth-order valence-electron chi connectivity index (χ4n) is 2.14. The molecule has 0 spiro atoms. The van der Waals surface area contributed by atoms with Crippen LogP contribution in [0.5, 0.6) is 5.75 Å². The van der Waals surface area contributed by atoms with Crippen molar-refractivity contribution < 1.29 is 24.5 Å². The molecule has 0 aliphatic carbocycles. The van der Waals surface area contributed by atoms with E-state index < -0.39 is 17.8 Å². The van der Waals surface area contributed by atoms with Crippen molar-refractivity contribution in [2.24, 2.45) is 5.92 Å². The van der Waals surface area contributed by atoms with E-state index in [-0.39, 0.29) is 19.5 Å². The predicted octanol–water partition coefficient (Wildman–Crippen LogP) is 2.80. The standard InChI is InChI=1S/C13H16O5.C8H10/c1-9(12(16)8-15)13(17)10-2-4-11(5-3-10)18-7-6-14;1-7-5-3-4-6-8(7)2/h2-5,8-9,13-14,17H,6-7H2,1H3;3-6H,1-2H3. The van der Waals surface area contributed by atoms with Crippen LogP contribution >= 0.6 is 0 Å². The number of carbonyl (C=O) groups is 2. The number of aliphatic hydroxyl groups excluding tert-OH is 2. The van der Waals surface area contributed by atoms with Gasteiger partial charge in [-0.1, -0.05) is 43.3 Å². The second-order valence-corrected chi connectivity index (χ2v) is 5.98. The molecule has 0 aliphatic rings. The van der Waals surface area contributed by atoms with Crippen molar-refractivity contribution in [1.29, 1.82) is 0 Å².